The predicted octanol–water partition coefficient (Wildman–Crippen LogP) is 5.05. The summed E-state index contributed by atoms with van der Waals surface area (Å²) in [7, 11) is 0. The van der Waals surface area contributed by atoms with E-state index in [1.807, 2.05) is 0 Å². The molecule has 0 saturated heterocycles. The van der Waals surface area contributed by atoms with Crippen LogP contribution in [0.2, 0.25) is 0 Å². The average Bonchev–Trinajstić information content (AvgIpc) is 3.31. The first-order valence-electron chi connectivity index (χ1n) is 10.5. The molecule has 6 heteroatoms. The Morgan fingerprint density at radius 2 is 1.90 bits per heavy atom. The number of allylic oxidation sites excluding steroid dienone is 1. The van der Waals surface area contributed by atoms with Crippen LogP contribution in [0, 0.1) is 11.3 Å². The first-order chi connectivity index (χ1) is 14.8. The number of nitrogens with two attached hydrogens (primary N) is 1. The number of ether oxygens (including phenoxy) is 1. The second-order valence-corrected chi connectivity index (χ2v) is 9.03. The van der Waals surface area contributed by atoms with Crippen LogP contribution in [0.25, 0.3) is 21.8 Å². The number of aryl methyl sites for hydroxylation is 1. The first kappa shape index (κ1) is 19.3. The summed E-state index contributed by atoms with van der Waals surface area (Å²) in [6.07, 6.45) is 0. The number of nitrogens with one attached hydrogen (secondary N) is 1. The summed E-state index contributed by atoms with van der Waals surface area (Å²) < 4.78 is 8.05. The third-order valence-electron chi connectivity index (χ3n) is 6.13. The largest absolute Gasteiger partial charge is 0.420 e. The average molecular weight is 412 g/mol. The highest BCUT2D eigenvalue weighted by Gasteiger charge is 2.38. The molecule has 0 unspecified atom stereocenters. The Balaban J connectivity index is 1.81. The number of para-hydroxylation sites is 1. The molecule has 3 N–H and O–H groups in total. The summed E-state index contributed by atoms with van der Waals surface area (Å²) in [5.41, 5.74) is 11.6. The van der Waals surface area contributed by atoms with Crippen LogP contribution in [-0.2, 0) is 12.0 Å². The van der Waals surface area contributed by atoms with Gasteiger partial charge in [0.2, 0.25) is 11.8 Å². The molecule has 2 aromatic carbocycles. The van der Waals surface area contributed by atoms with Gasteiger partial charge in [-0.3, -0.25) is 5.10 Å². The van der Waals surface area contributed by atoms with Crippen molar-refractivity contribution in [3.05, 3.63) is 70.7 Å². The number of nitrogens with zero attached hydrogens (tertiary/aromatic N) is 3. The number of nitriles is 1. The van der Waals surface area contributed by atoms with Gasteiger partial charge < -0.3 is 15.0 Å². The van der Waals surface area contributed by atoms with Crippen LogP contribution in [-0.4, -0.2) is 14.8 Å². The molecule has 1 aliphatic rings. The van der Waals surface area contributed by atoms with Gasteiger partial charge in [0.15, 0.2) is 0 Å². The molecule has 3 heterocycles. The monoisotopic (exact) mass is 411 g/mol. The minimum atomic E-state index is -0.338. The van der Waals surface area contributed by atoms with Gasteiger partial charge in [-0.25, -0.2) is 0 Å². The van der Waals surface area contributed by atoms with Crippen molar-refractivity contribution in [3.8, 4) is 11.9 Å². The fourth-order valence-corrected chi connectivity index (χ4v) is 4.74. The Bertz CT molecular complexity index is 1410. The third-order valence-corrected chi connectivity index (χ3v) is 6.13. The van der Waals surface area contributed by atoms with Crippen molar-refractivity contribution in [1.29, 1.82) is 5.26 Å². The number of aromatic amines is 1. The molecule has 6 nitrogen and oxygen atoms in total. The molecule has 1 aliphatic heterocycles. The van der Waals surface area contributed by atoms with Crippen LogP contribution in [0.3, 0.4) is 0 Å². The highest BCUT2D eigenvalue weighted by Crippen LogP contribution is 2.46. The van der Waals surface area contributed by atoms with E-state index in [0.717, 1.165) is 23.4 Å². The van der Waals surface area contributed by atoms with Crippen LogP contribution < -0.4 is 10.5 Å². The SMILES string of the molecule is CCn1c2ccccc2c2cc([C@H]3C(C#N)=C(N)Oc4n[nH]c(C(C)(C)C)c43)ccc21. The molecule has 156 valence electrons. The maximum absolute atomic E-state index is 9.97. The molecule has 0 fully saturated rings. The van der Waals surface area contributed by atoms with Crippen molar-refractivity contribution < 1.29 is 4.74 Å². The fraction of sp³-hybridized carbons (Fsp3) is 0.280. The number of rotatable bonds is 2. The highest BCUT2D eigenvalue weighted by atomic mass is 16.5. The standard InChI is InChI=1S/C25H25N5O/c1-5-30-18-9-7-6-8-15(18)16-12-14(10-11-19(16)30)20-17(13-26)23(27)31-24-21(20)22(28-29-24)25(2,3)4/h6-12,20H,5,27H2,1-4H3,(H,28,29)/t20-/m0/s1. The van der Waals surface area contributed by atoms with Gasteiger partial charge in [0.25, 0.3) is 0 Å². The van der Waals surface area contributed by atoms with Crippen molar-refractivity contribution in [2.45, 2.75) is 45.6 Å². The number of fused-ring (bicyclic) bond motifs is 4. The van der Waals surface area contributed by atoms with E-state index in [-0.39, 0.29) is 17.2 Å². The maximum Gasteiger partial charge on any atom is 0.244 e. The van der Waals surface area contributed by atoms with Crippen LogP contribution in [0.4, 0.5) is 0 Å². The van der Waals surface area contributed by atoms with Crippen LogP contribution in [0.1, 0.15) is 50.4 Å². The fourth-order valence-electron chi connectivity index (χ4n) is 4.74. The number of hydrogen-bond donors (Lipinski definition) is 2. The van der Waals surface area contributed by atoms with E-state index in [4.69, 9.17) is 10.5 Å². The molecule has 0 bridgehead atoms. The van der Waals surface area contributed by atoms with E-state index >= 15 is 0 Å². The van der Waals surface area contributed by atoms with Gasteiger partial charge in [-0.15, -0.1) is 5.10 Å². The van der Waals surface area contributed by atoms with Gasteiger partial charge >= 0.3 is 0 Å². The second kappa shape index (κ2) is 6.64. The Hall–Kier alpha value is -3.72. The highest BCUT2D eigenvalue weighted by molar-refractivity contribution is 6.08. The number of benzene rings is 2. The van der Waals surface area contributed by atoms with E-state index in [2.05, 4.69) is 91.0 Å². The lowest BCUT2D eigenvalue weighted by Gasteiger charge is -2.27. The summed E-state index contributed by atoms with van der Waals surface area (Å²) in [6.45, 7) is 9.39. The van der Waals surface area contributed by atoms with Gasteiger partial charge in [0.1, 0.15) is 11.6 Å². The van der Waals surface area contributed by atoms with Crippen LogP contribution in [0.15, 0.2) is 53.9 Å². The Morgan fingerprint density at radius 1 is 1.16 bits per heavy atom. The lowest BCUT2D eigenvalue weighted by Crippen LogP contribution is -2.23. The van der Waals surface area contributed by atoms with E-state index in [1.54, 1.807) is 0 Å². The quantitative estimate of drug-likeness (QED) is 0.482. The lowest BCUT2D eigenvalue weighted by atomic mass is 9.78. The first-order valence-corrected chi connectivity index (χ1v) is 10.5. The Labute approximate surface area is 180 Å². The summed E-state index contributed by atoms with van der Waals surface area (Å²) in [6, 6.07) is 17.2. The van der Waals surface area contributed by atoms with Gasteiger partial charge in [-0.1, -0.05) is 45.0 Å². The molecule has 0 aliphatic carbocycles. The van der Waals surface area contributed by atoms with Crippen LogP contribution >= 0.6 is 0 Å². The summed E-state index contributed by atoms with van der Waals surface area (Å²) >= 11 is 0. The van der Waals surface area contributed by atoms with Crippen molar-refractivity contribution >= 4 is 21.8 Å². The topological polar surface area (TPSA) is 92.7 Å². The van der Waals surface area contributed by atoms with Gasteiger partial charge in [-0.2, -0.15) is 5.26 Å². The lowest BCUT2D eigenvalue weighted by molar-refractivity contribution is 0.378. The maximum atomic E-state index is 9.97. The van der Waals surface area contributed by atoms with Crippen molar-refractivity contribution in [3.63, 3.8) is 0 Å². The molecule has 31 heavy (non-hydrogen) atoms. The summed E-state index contributed by atoms with van der Waals surface area (Å²) in [5.74, 6) is 0.223. The summed E-state index contributed by atoms with van der Waals surface area (Å²) in [5, 5.41) is 19.8. The number of hydrogen-bond acceptors (Lipinski definition) is 4. The zero-order valence-electron chi connectivity index (χ0n) is 18.2. The van der Waals surface area contributed by atoms with Crippen LogP contribution in [0.5, 0.6) is 5.88 Å². The van der Waals surface area contributed by atoms with Gasteiger partial charge in [0.05, 0.1) is 11.5 Å². The van der Waals surface area contributed by atoms with Crippen molar-refractivity contribution in [2.75, 3.05) is 0 Å². The molecular weight excluding hydrogens is 386 g/mol. The zero-order valence-corrected chi connectivity index (χ0v) is 18.2. The normalized spacial score (nSPS) is 16.4. The van der Waals surface area contributed by atoms with Gasteiger partial charge in [-0.05, 0) is 30.7 Å². The Morgan fingerprint density at radius 3 is 2.61 bits per heavy atom. The third kappa shape index (κ3) is 2.73. The molecule has 5 rings (SSSR count). The molecule has 0 amide bonds. The zero-order chi connectivity index (χ0) is 21.9. The molecular formula is C25H25N5O. The molecule has 2 aromatic heterocycles. The molecule has 0 saturated carbocycles. The van der Waals surface area contributed by atoms with E-state index in [0.29, 0.717) is 11.5 Å². The van der Waals surface area contributed by atoms with E-state index in [1.165, 1.54) is 21.8 Å². The van der Waals surface area contributed by atoms with E-state index < -0.39 is 0 Å². The molecule has 4 aromatic rings. The van der Waals surface area contributed by atoms with E-state index in [9.17, 15) is 5.26 Å². The minimum absolute atomic E-state index is 0.114. The van der Waals surface area contributed by atoms with Crippen molar-refractivity contribution in [2.24, 2.45) is 5.73 Å². The predicted molar refractivity (Wildman–Crippen MR) is 122 cm³/mol. The number of aromatic nitrogens is 3. The second-order valence-electron chi connectivity index (χ2n) is 9.03. The summed E-state index contributed by atoms with van der Waals surface area (Å²) in [4.78, 5) is 0. The smallest absolute Gasteiger partial charge is 0.244 e. The molecule has 1 atom stereocenters. The van der Waals surface area contributed by atoms with Gasteiger partial charge in [0, 0.05) is 39.5 Å². The Kier molecular flexibility index (Phi) is 4.13. The minimum Gasteiger partial charge on any atom is -0.420 e. The molecule has 0 spiro atoms. The molecule has 0 radical (unpaired) electrons. The van der Waals surface area contributed by atoms with Crippen molar-refractivity contribution in [1.82, 2.24) is 14.8 Å². The number of H-pyrrole nitrogens is 1.